The summed E-state index contributed by atoms with van der Waals surface area (Å²) in [5.41, 5.74) is 3.74. The third-order valence-corrected chi connectivity index (χ3v) is 6.42. The zero-order chi connectivity index (χ0) is 25.1. The first kappa shape index (κ1) is 23.7. The molecule has 0 aliphatic carbocycles. The fraction of sp³-hybridized carbons (Fsp3) is 0.286. The number of aromatic amines is 1. The molecule has 0 radical (unpaired) electrons. The van der Waals surface area contributed by atoms with Crippen LogP contribution in [0.2, 0.25) is 0 Å². The van der Waals surface area contributed by atoms with Crippen molar-refractivity contribution >= 4 is 10.9 Å². The predicted octanol–water partition coefficient (Wildman–Crippen LogP) is 4.86. The van der Waals surface area contributed by atoms with E-state index < -0.39 is 0 Å². The molecule has 5 rings (SSSR count). The summed E-state index contributed by atoms with van der Waals surface area (Å²) in [7, 11) is 0. The van der Waals surface area contributed by atoms with Crippen LogP contribution >= 0.6 is 0 Å². The number of hydrogen-bond acceptors (Lipinski definition) is 6. The van der Waals surface area contributed by atoms with E-state index in [9.17, 15) is 4.79 Å². The summed E-state index contributed by atoms with van der Waals surface area (Å²) in [5, 5.41) is 13.7. The Morgan fingerprint density at radius 3 is 2.61 bits per heavy atom. The van der Waals surface area contributed by atoms with Crippen molar-refractivity contribution in [2.45, 2.75) is 46.4 Å². The second-order valence-corrected chi connectivity index (χ2v) is 9.57. The fourth-order valence-electron chi connectivity index (χ4n) is 4.74. The van der Waals surface area contributed by atoms with E-state index in [2.05, 4.69) is 63.5 Å². The molecule has 0 saturated carbocycles. The summed E-state index contributed by atoms with van der Waals surface area (Å²) >= 11 is 0. The molecule has 0 unspecified atom stereocenters. The quantitative estimate of drug-likeness (QED) is 0.322. The van der Waals surface area contributed by atoms with Crippen LogP contribution in [0.1, 0.15) is 48.2 Å². The SMILES string of the molecule is Cc1ccc2cc(CN(Cc3ccccc3)[C@H](c3nnnn3Cc3ccco3)C(C)C)c(=O)[nH]c2c1. The lowest BCUT2D eigenvalue weighted by Gasteiger charge is -2.33. The van der Waals surface area contributed by atoms with E-state index in [0.717, 1.165) is 33.6 Å². The van der Waals surface area contributed by atoms with Crippen LogP contribution in [0.25, 0.3) is 10.9 Å². The van der Waals surface area contributed by atoms with Crippen molar-refractivity contribution in [2.24, 2.45) is 5.92 Å². The highest BCUT2D eigenvalue weighted by molar-refractivity contribution is 5.79. The Balaban J connectivity index is 1.55. The van der Waals surface area contributed by atoms with Crippen molar-refractivity contribution < 1.29 is 4.42 Å². The predicted molar refractivity (Wildman–Crippen MR) is 138 cm³/mol. The highest BCUT2D eigenvalue weighted by atomic mass is 16.3. The van der Waals surface area contributed by atoms with Gasteiger partial charge in [0.05, 0.1) is 12.3 Å². The van der Waals surface area contributed by atoms with E-state index in [1.165, 1.54) is 0 Å². The molecule has 0 bridgehead atoms. The molecule has 36 heavy (non-hydrogen) atoms. The van der Waals surface area contributed by atoms with E-state index >= 15 is 0 Å². The summed E-state index contributed by atoms with van der Waals surface area (Å²) in [6.45, 7) is 7.86. The van der Waals surface area contributed by atoms with Crippen molar-refractivity contribution in [2.75, 3.05) is 0 Å². The minimum absolute atomic E-state index is 0.0798. The van der Waals surface area contributed by atoms with E-state index in [1.807, 2.05) is 49.4 Å². The van der Waals surface area contributed by atoms with Gasteiger partial charge in [-0.2, -0.15) is 0 Å². The molecule has 5 aromatic rings. The number of fused-ring (bicyclic) bond motifs is 1. The van der Waals surface area contributed by atoms with E-state index in [1.54, 1.807) is 10.9 Å². The van der Waals surface area contributed by atoms with Gasteiger partial charge in [0.15, 0.2) is 5.82 Å². The van der Waals surface area contributed by atoms with E-state index in [-0.39, 0.29) is 17.5 Å². The average molecular weight is 483 g/mol. The molecule has 2 aromatic carbocycles. The maximum Gasteiger partial charge on any atom is 0.252 e. The minimum Gasteiger partial charge on any atom is -0.467 e. The second kappa shape index (κ2) is 10.3. The summed E-state index contributed by atoms with van der Waals surface area (Å²) in [5.74, 6) is 1.70. The zero-order valence-electron chi connectivity index (χ0n) is 20.8. The van der Waals surface area contributed by atoms with Crippen LogP contribution in [0.15, 0.2) is 82.2 Å². The number of rotatable bonds is 9. The van der Waals surface area contributed by atoms with Gasteiger partial charge in [-0.1, -0.05) is 56.3 Å². The Hall–Kier alpha value is -4.04. The number of pyridine rings is 1. The maximum atomic E-state index is 13.1. The van der Waals surface area contributed by atoms with Crippen LogP contribution in [-0.4, -0.2) is 30.1 Å². The number of nitrogens with one attached hydrogen (secondary N) is 1. The lowest BCUT2D eigenvalue weighted by Crippen LogP contribution is -2.35. The molecule has 0 fully saturated rings. The molecule has 0 amide bonds. The van der Waals surface area contributed by atoms with Gasteiger partial charge in [-0.3, -0.25) is 9.69 Å². The van der Waals surface area contributed by atoms with Crippen LogP contribution < -0.4 is 5.56 Å². The van der Waals surface area contributed by atoms with Crippen LogP contribution in [0.5, 0.6) is 0 Å². The lowest BCUT2D eigenvalue weighted by atomic mass is 9.99. The van der Waals surface area contributed by atoms with E-state index in [0.29, 0.717) is 25.2 Å². The van der Waals surface area contributed by atoms with Gasteiger partial charge >= 0.3 is 0 Å². The second-order valence-electron chi connectivity index (χ2n) is 9.57. The molecule has 8 nitrogen and oxygen atoms in total. The number of hydrogen-bond donors (Lipinski definition) is 1. The number of aryl methyl sites for hydroxylation is 1. The fourth-order valence-corrected chi connectivity index (χ4v) is 4.74. The third-order valence-electron chi connectivity index (χ3n) is 6.42. The van der Waals surface area contributed by atoms with Crippen LogP contribution in [0.3, 0.4) is 0 Å². The Bertz CT molecular complexity index is 1490. The summed E-state index contributed by atoms with van der Waals surface area (Å²) in [6.07, 6.45) is 1.65. The Morgan fingerprint density at radius 1 is 1.03 bits per heavy atom. The first-order valence-electron chi connectivity index (χ1n) is 12.2. The van der Waals surface area contributed by atoms with Gasteiger partial charge in [-0.05, 0) is 64.0 Å². The molecule has 0 saturated heterocycles. The molecule has 3 heterocycles. The minimum atomic E-state index is -0.136. The van der Waals surface area contributed by atoms with Crippen LogP contribution in [-0.2, 0) is 19.6 Å². The van der Waals surface area contributed by atoms with Gasteiger partial charge < -0.3 is 9.40 Å². The van der Waals surface area contributed by atoms with Gasteiger partial charge in [0.2, 0.25) is 0 Å². The van der Waals surface area contributed by atoms with Gasteiger partial charge in [0, 0.05) is 24.2 Å². The highest BCUT2D eigenvalue weighted by Crippen LogP contribution is 2.30. The Kier molecular flexibility index (Phi) is 6.77. The average Bonchev–Trinajstić information content (AvgIpc) is 3.53. The first-order valence-corrected chi connectivity index (χ1v) is 12.2. The maximum absolute atomic E-state index is 13.1. The van der Waals surface area contributed by atoms with Gasteiger partial charge in [0.1, 0.15) is 12.3 Å². The molecular formula is C28H30N6O2. The molecule has 184 valence electrons. The van der Waals surface area contributed by atoms with Gasteiger partial charge in [-0.25, -0.2) is 4.68 Å². The summed E-state index contributed by atoms with van der Waals surface area (Å²) in [6, 6.07) is 22.0. The molecule has 0 spiro atoms. The number of furan rings is 1. The topological polar surface area (TPSA) is 92.8 Å². The Morgan fingerprint density at radius 2 is 1.86 bits per heavy atom. The molecule has 1 atom stereocenters. The van der Waals surface area contributed by atoms with E-state index in [4.69, 9.17) is 4.42 Å². The monoisotopic (exact) mass is 482 g/mol. The molecule has 8 heteroatoms. The van der Waals surface area contributed by atoms with Crippen molar-refractivity contribution in [3.05, 3.63) is 112 Å². The Labute approximate surface area is 209 Å². The van der Waals surface area contributed by atoms with Crippen molar-refractivity contribution in [3.8, 4) is 0 Å². The van der Waals surface area contributed by atoms with Crippen molar-refractivity contribution in [3.63, 3.8) is 0 Å². The third kappa shape index (κ3) is 5.13. The largest absolute Gasteiger partial charge is 0.467 e. The molecule has 0 aliphatic rings. The number of aromatic nitrogens is 5. The van der Waals surface area contributed by atoms with Gasteiger partial charge in [0.25, 0.3) is 5.56 Å². The molecule has 0 aliphatic heterocycles. The smallest absolute Gasteiger partial charge is 0.252 e. The van der Waals surface area contributed by atoms with Crippen molar-refractivity contribution in [1.82, 2.24) is 30.1 Å². The highest BCUT2D eigenvalue weighted by Gasteiger charge is 2.30. The van der Waals surface area contributed by atoms with Crippen LogP contribution in [0, 0.1) is 12.8 Å². The summed E-state index contributed by atoms with van der Waals surface area (Å²) < 4.78 is 7.33. The lowest BCUT2D eigenvalue weighted by molar-refractivity contribution is 0.125. The molecular weight excluding hydrogens is 452 g/mol. The number of tetrazole rings is 1. The molecule has 3 aromatic heterocycles. The normalized spacial score (nSPS) is 12.6. The standard InChI is InChI=1S/C28H30N6O2/c1-19(2)26(27-30-31-32-34(27)18-24-10-7-13-36-24)33(16-21-8-5-4-6-9-21)17-23-15-22-12-11-20(3)14-25(22)29-28(23)35/h4-15,19,26H,16-18H2,1-3H3,(H,29,35)/t26-/m0/s1. The van der Waals surface area contributed by atoms with Crippen molar-refractivity contribution in [1.29, 1.82) is 0 Å². The van der Waals surface area contributed by atoms with Crippen LogP contribution in [0.4, 0.5) is 0 Å². The number of nitrogens with zero attached hydrogens (tertiary/aromatic N) is 5. The van der Waals surface area contributed by atoms with Gasteiger partial charge in [-0.15, -0.1) is 5.10 Å². The molecule has 1 N–H and O–H groups in total. The number of H-pyrrole nitrogens is 1. The number of benzene rings is 2. The summed E-state index contributed by atoms with van der Waals surface area (Å²) in [4.78, 5) is 18.5. The zero-order valence-corrected chi connectivity index (χ0v) is 20.8. The first-order chi connectivity index (χ1) is 17.5.